The van der Waals surface area contributed by atoms with Crippen LogP contribution in [0.15, 0.2) is 24.3 Å². The number of para-hydroxylation sites is 1. The molecule has 1 atom stereocenters. The number of hydrogen-bond donors (Lipinski definition) is 3. The van der Waals surface area contributed by atoms with Crippen LogP contribution in [0.3, 0.4) is 0 Å². The average molecular weight is 331 g/mol. The summed E-state index contributed by atoms with van der Waals surface area (Å²) in [6.45, 7) is 1.64. The SMILES string of the molecule is CSCC[C@](C)(O)CNC(=O)C(=O)Nc1ccccc1Cl. The predicted octanol–water partition coefficient (Wildman–Crippen LogP) is 1.90. The zero-order valence-corrected chi connectivity index (χ0v) is 13.6. The molecule has 0 aliphatic rings. The van der Waals surface area contributed by atoms with Crippen molar-refractivity contribution in [3.05, 3.63) is 29.3 Å². The Morgan fingerprint density at radius 1 is 1.33 bits per heavy atom. The van der Waals surface area contributed by atoms with Gasteiger partial charge in [0.2, 0.25) is 0 Å². The molecule has 0 aliphatic heterocycles. The average Bonchev–Trinajstić information content (AvgIpc) is 2.45. The van der Waals surface area contributed by atoms with Crippen molar-refractivity contribution >= 4 is 40.9 Å². The van der Waals surface area contributed by atoms with Crippen molar-refractivity contribution in [2.24, 2.45) is 0 Å². The number of amides is 2. The fraction of sp³-hybridized carbons (Fsp3) is 0.429. The third-order valence-corrected chi connectivity index (χ3v) is 3.74. The lowest BCUT2D eigenvalue weighted by molar-refractivity contribution is -0.136. The van der Waals surface area contributed by atoms with Gasteiger partial charge >= 0.3 is 11.8 Å². The number of rotatable bonds is 6. The molecule has 0 bridgehead atoms. The molecule has 0 unspecified atom stereocenters. The zero-order chi connectivity index (χ0) is 15.9. The Labute approximate surface area is 133 Å². The van der Waals surface area contributed by atoms with Crippen LogP contribution in [0.25, 0.3) is 0 Å². The number of halogens is 1. The highest BCUT2D eigenvalue weighted by molar-refractivity contribution is 7.98. The number of carbonyl (C=O) groups excluding carboxylic acids is 2. The molecular formula is C14H19ClN2O3S. The van der Waals surface area contributed by atoms with Gasteiger partial charge in [0.15, 0.2) is 0 Å². The van der Waals surface area contributed by atoms with Gasteiger partial charge in [-0.05, 0) is 37.5 Å². The quantitative estimate of drug-likeness (QED) is 0.696. The first-order valence-corrected chi connectivity index (χ1v) is 8.18. The normalized spacial score (nSPS) is 13.3. The maximum Gasteiger partial charge on any atom is 0.313 e. The molecule has 5 nitrogen and oxygen atoms in total. The van der Waals surface area contributed by atoms with E-state index < -0.39 is 17.4 Å². The van der Waals surface area contributed by atoms with Crippen LogP contribution in [0, 0.1) is 0 Å². The molecule has 0 fully saturated rings. The van der Waals surface area contributed by atoms with Gasteiger partial charge in [0.25, 0.3) is 0 Å². The van der Waals surface area contributed by atoms with Crippen LogP contribution in [0.4, 0.5) is 5.69 Å². The second kappa shape index (κ2) is 8.26. The Morgan fingerprint density at radius 2 is 2.00 bits per heavy atom. The van der Waals surface area contributed by atoms with E-state index in [0.29, 0.717) is 17.1 Å². The van der Waals surface area contributed by atoms with E-state index in [2.05, 4.69) is 10.6 Å². The summed E-state index contributed by atoms with van der Waals surface area (Å²) < 4.78 is 0. The largest absolute Gasteiger partial charge is 0.388 e. The van der Waals surface area contributed by atoms with Crippen molar-refractivity contribution < 1.29 is 14.7 Å². The summed E-state index contributed by atoms with van der Waals surface area (Å²) >= 11 is 7.50. The van der Waals surface area contributed by atoms with E-state index in [9.17, 15) is 14.7 Å². The van der Waals surface area contributed by atoms with Crippen LogP contribution in [0.5, 0.6) is 0 Å². The van der Waals surface area contributed by atoms with Gasteiger partial charge in [-0.15, -0.1) is 0 Å². The molecule has 21 heavy (non-hydrogen) atoms. The second-order valence-corrected chi connectivity index (χ2v) is 6.25. The highest BCUT2D eigenvalue weighted by Gasteiger charge is 2.23. The Hall–Kier alpha value is -1.24. The van der Waals surface area contributed by atoms with Gasteiger partial charge in [0.1, 0.15) is 0 Å². The third kappa shape index (κ3) is 6.37. The minimum Gasteiger partial charge on any atom is -0.388 e. The molecule has 3 N–H and O–H groups in total. The third-order valence-electron chi connectivity index (χ3n) is 2.80. The van der Waals surface area contributed by atoms with Crippen molar-refractivity contribution in [1.29, 1.82) is 0 Å². The van der Waals surface area contributed by atoms with Gasteiger partial charge < -0.3 is 15.7 Å². The molecule has 0 radical (unpaired) electrons. The smallest absolute Gasteiger partial charge is 0.313 e. The molecule has 0 saturated carbocycles. The number of carbonyl (C=O) groups is 2. The topological polar surface area (TPSA) is 78.4 Å². The Morgan fingerprint density at radius 3 is 2.62 bits per heavy atom. The van der Waals surface area contributed by atoms with Crippen LogP contribution in [0.1, 0.15) is 13.3 Å². The van der Waals surface area contributed by atoms with Crippen LogP contribution in [0.2, 0.25) is 5.02 Å². The first-order valence-electron chi connectivity index (χ1n) is 6.41. The lowest BCUT2D eigenvalue weighted by Gasteiger charge is -2.23. The summed E-state index contributed by atoms with van der Waals surface area (Å²) in [5.74, 6) is -0.850. The fourth-order valence-electron chi connectivity index (χ4n) is 1.50. The molecule has 0 spiro atoms. The van der Waals surface area contributed by atoms with Gasteiger partial charge in [-0.25, -0.2) is 0 Å². The molecule has 0 aliphatic carbocycles. The minimum atomic E-state index is -1.04. The predicted molar refractivity (Wildman–Crippen MR) is 86.7 cm³/mol. The zero-order valence-electron chi connectivity index (χ0n) is 12.0. The van der Waals surface area contributed by atoms with E-state index in [0.717, 1.165) is 5.75 Å². The van der Waals surface area contributed by atoms with Gasteiger partial charge in [-0.1, -0.05) is 23.7 Å². The molecule has 0 aromatic heterocycles. The van der Waals surface area contributed by atoms with E-state index >= 15 is 0 Å². The number of aliphatic hydroxyl groups is 1. The Balaban J connectivity index is 2.49. The van der Waals surface area contributed by atoms with E-state index in [-0.39, 0.29) is 6.54 Å². The number of thioether (sulfide) groups is 1. The van der Waals surface area contributed by atoms with E-state index in [1.807, 2.05) is 6.26 Å². The number of benzene rings is 1. The van der Waals surface area contributed by atoms with Crippen molar-refractivity contribution in [2.75, 3.05) is 23.9 Å². The van der Waals surface area contributed by atoms with Crippen molar-refractivity contribution in [2.45, 2.75) is 18.9 Å². The highest BCUT2D eigenvalue weighted by Crippen LogP contribution is 2.20. The van der Waals surface area contributed by atoms with Crippen LogP contribution in [-0.4, -0.2) is 41.1 Å². The number of nitrogens with one attached hydrogen (secondary N) is 2. The lowest BCUT2D eigenvalue weighted by Crippen LogP contribution is -2.44. The van der Waals surface area contributed by atoms with Gasteiger partial charge in [0.05, 0.1) is 16.3 Å². The Bertz CT molecular complexity index is 509. The summed E-state index contributed by atoms with van der Waals surface area (Å²) in [5, 5.41) is 15.2. The van der Waals surface area contributed by atoms with Crippen molar-refractivity contribution in [3.8, 4) is 0 Å². The van der Waals surface area contributed by atoms with Crippen LogP contribution >= 0.6 is 23.4 Å². The molecule has 116 valence electrons. The second-order valence-electron chi connectivity index (χ2n) is 4.86. The molecule has 0 heterocycles. The molecule has 0 saturated heterocycles. The van der Waals surface area contributed by atoms with E-state index in [1.165, 1.54) is 0 Å². The van der Waals surface area contributed by atoms with Gasteiger partial charge in [-0.2, -0.15) is 11.8 Å². The monoisotopic (exact) mass is 330 g/mol. The number of anilines is 1. The Kier molecular flexibility index (Phi) is 7.01. The first-order chi connectivity index (χ1) is 9.85. The molecule has 1 rings (SSSR count). The maximum atomic E-state index is 11.7. The summed E-state index contributed by atoms with van der Waals surface area (Å²) in [6, 6.07) is 6.64. The summed E-state index contributed by atoms with van der Waals surface area (Å²) in [6.07, 6.45) is 2.46. The maximum absolute atomic E-state index is 11.7. The van der Waals surface area contributed by atoms with E-state index in [4.69, 9.17) is 11.6 Å². The summed E-state index contributed by atoms with van der Waals surface area (Å²) in [5.41, 5.74) is -0.669. The molecule has 7 heteroatoms. The lowest BCUT2D eigenvalue weighted by atomic mass is 10.0. The first kappa shape index (κ1) is 17.8. The molecule has 1 aromatic rings. The molecule has 2 amide bonds. The van der Waals surface area contributed by atoms with Crippen molar-refractivity contribution in [3.63, 3.8) is 0 Å². The molecular weight excluding hydrogens is 312 g/mol. The van der Waals surface area contributed by atoms with E-state index in [1.54, 1.807) is 43.0 Å². The summed E-state index contributed by atoms with van der Waals surface area (Å²) in [7, 11) is 0. The number of hydrogen-bond acceptors (Lipinski definition) is 4. The highest BCUT2D eigenvalue weighted by atomic mass is 35.5. The molecule has 1 aromatic carbocycles. The van der Waals surface area contributed by atoms with Gasteiger partial charge in [0, 0.05) is 6.54 Å². The standard InChI is InChI=1S/C14H19ClN2O3S/c1-14(20,7-8-21-2)9-16-12(18)13(19)17-11-6-4-3-5-10(11)15/h3-6,20H,7-9H2,1-2H3,(H,16,18)(H,17,19)/t14-/m0/s1. The van der Waals surface area contributed by atoms with Crippen LogP contribution in [-0.2, 0) is 9.59 Å². The van der Waals surface area contributed by atoms with Gasteiger partial charge in [-0.3, -0.25) is 9.59 Å². The fourth-order valence-corrected chi connectivity index (χ4v) is 2.33. The van der Waals surface area contributed by atoms with Crippen LogP contribution < -0.4 is 10.6 Å². The summed E-state index contributed by atoms with van der Waals surface area (Å²) in [4.78, 5) is 23.4. The minimum absolute atomic E-state index is 0.0162. The van der Waals surface area contributed by atoms with Crippen molar-refractivity contribution in [1.82, 2.24) is 5.32 Å².